The van der Waals surface area contributed by atoms with E-state index in [0.29, 0.717) is 24.5 Å². The van der Waals surface area contributed by atoms with E-state index in [9.17, 15) is 45.0 Å². The first kappa shape index (κ1) is 29.9. The third-order valence-electron chi connectivity index (χ3n) is 9.26. The minimum atomic E-state index is -6.30. The van der Waals surface area contributed by atoms with Crippen molar-refractivity contribution in [2.24, 2.45) is 0 Å². The number of anilines is 1. The minimum Gasteiger partial charge on any atom is -0.507 e. The Balaban J connectivity index is 1.66. The van der Waals surface area contributed by atoms with Crippen LogP contribution >= 0.6 is 0 Å². The third-order valence-corrected chi connectivity index (χ3v) is 10.8. The lowest BCUT2D eigenvalue weighted by molar-refractivity contribution is -0.376. The minimum absolute atomic E-state index is 0.00200. The Morgan fingerprint density at radius 1 is 0.778 bits per heavy atom. The zero-order valence-corrected chi connectivity index (χ0v) is 24.2. The highest BCUT2D eigenvalue weighted by atomic mass is 32.2. The molecule has 0 spiro atoms. The lowest BCUT2D eigenvalue weighted by Crippen LogP contribution is -2.54. The van der Waals surface area contributed by atoms with Crippen LogP contribution in [-0.4, -0.2) is 44.1 Å². The molecule has 0 amide bonds. The van der Waals surface area contributed by atoms with Gasteiger partial charge >= 0.3 is 12.4 Å². The second-order valence-electron chi connectivity index (χ2n) is 11.8. The van der Waals surface area contributed by atoms with E-state index in [1.165, 1.54) is 42.5 Å². The second kappa shape index (κ2) is 9.60. The average Bonchev–Trinajstić information content (AvgIpc) is 3.24. The third kappa shape index (κ3) is 4.06. The van der Waals surface area contributed by atoms with Crippen LogP contribution in [0, 0.1) is 0 Å². The molecule has 3 N–H and O–H groups in total. The molecule has 6 nitrogen and oxygen atoms in total. The summed E-state index contributed by atoms with van der Waals surface area (Å²) in [5, 5.41) is 21.1. The monoisotopic (exact) mass is 648 g/mol. The molecule has 4 aromatic carbocycles. The molecular weight excluding hydrogens is 622 g/mol. The van der Waals surface area contributed by atoms with E-state index in [1.54, 1.807) is 12.1 Å². The Labute approximate surface area is 254 Å². The van der Waals surface area contributed by atoms with Crippen molar-refractivity contribution in [1.82, 2.24) is 4.72 Å². The van der Waals surface area contributed by atoms with Crippen LogP contribution in [0.2, 0.25) is 0 Å². The van der Waals surface area contributed by atoms with Crippen LogP contribution in [0.1, 0.15) is 46.2 Å². The highest BCUT2D eigenvalue weighted by Crippen LogP contribution is 2.57. The number of hydrogen-bond donors (Lipinski definition) is 3. The summed E-state index contributed by atoms with van der Waals surface area (Å²) in [6, 6.07) is 15.1. The van der Waals surface area contributed by atoms with Crippen LogP contribution < -0.4 is 9.62 Å². The quantitative estimate of drug-likeness (QED) is 0.233. The topological polar surface area (TPSA) is 89.9 Å². The molecule has 3 heterocycles. The molecule has 0 saturated heterocycles. The molecule has 3 aliphatic heterocycles. The smallest absolute Gasteiger partial charge is 0.430 e. The highest BCUT2D eigenvalue weighted by molar-refractivity contribution is 7.90. The van der Waals surface area contributed by atoms with Gasteiger partial charge in [-0.25, -0.2) is 8.42 Å². The predicted octanol–water partition coefficient (Wildman–Crippen LogP) is 6.14. The first-order valence-corrected chi connectivity index (χ1v) is 15.8. The summed E-state index contributed by atoms with van der Waals surface area (Å²) in [5.74, 6) is -1.42. The van der Waals surface area contributed by atoms with Gasteiger partial charge in [0.1, 0.15) is 11.3 Å². The SMILES string of the molecule is O=S1(=O)NC(c2cc3c4c(c2)CCCN4CCC3)(c2cc(C(O)(C(F)(F)F)C(F)(F)F)c(O)c3ccccc23)c2ccccc21. The van der Waals surface area contributed by atoms with Crippen LogP contribution in [0.3, 0.4) is 0 Å². The molecular formula is C32H26F6N2O4S. The number of nitrogens with one attached hydrogen (secondary N) is 1. The van der Waals surface area contributed by atoms with Gasteiger partial charge in [0.05, 0.1) is 4.90 Å². The van der Waals surface area contributed by atoms with Gasteiger partial charge in [0.25, 0.3) is 5.60 Å². The molecule has 3 aliphatic rings. The Kier molecular flexibility index (Phi) is 6.37. The molecule has 0 aliphatic carbocycles. The number of phenols is 1. The summed E-state index contributed by atoms with van der Waals surface area (Å²) in [7, 11) is -4.36. The summed E-state index contributed by atoms with van der Waals surface area (Å²) in [4.78, 5) is 2.04. The number of aromatic hydroxyl groups is 1. The number of alkyl halides is 6. The van der Waals surface area contributed by atoms with Gasteiger partial charge < -0.3 is 15.1 Å². The molecule has 0 bridgehead atoms. The largest absolute Gasteiger partial charge is 0.507 e. The molecule has 1 atom stereocenters. The van der Waals surface area contributed by atoms with Crippen molar-refractivity contribution < 1.29 is 45.0 Å². The van der Waals surface area contributed by atoms with Crippen molar-refractivity contribution in [3.63, 3.8) is 0 Å². The summed E-state index contributed by atoms with van der Waals surface area (Å²) in [5.41, 5.74) is -6.48. The number of hydrogen-bond acceptors (Lipinski definition) is 5. The number of nitrogens with zero attached hydrogens (tertiary/aromatic N) is 1. The summed E-state index contributed by atoms with van der Waals surface area (Å²) < 4.78 is 116. The van der Waals surface area contributed by atoms with E-state index in [1.807, 2.05) is 0 Å². The van der Waals surface area contributed by atoms with Gasteiger partial charge in [-0.15, -0.1) is 0 Å². The van der Waals surface area contributed by atoms with Crippen LogP contribution in [0.4, 0.5) is 32.0 Å². The zero-order chi connectivity index (χ0) is 32.2. The maximum Gasteiger partial charge on any atom is 0.430 e. The van der Waals surface area contributed by atoms with E-state index in [4.69, 9.17) is 0 Å². The van der Waals surface area contributed by atoms with E-state index in [2.05, 4.69) is 9.62 Å². The number of aliphatic hydroxyl groups is 1. The van der Waals surface area contributed by atoms with Crippen molar-refractivity contribution in [3.8, 4) is 5.75 Å². The van der Waals surface area contributed by atoms with Gasteiger partial charge in [0.2, 0.25) is 10.0 Å². The zero-order valence-electron chi connectivity index (χ0n) is 23.4. The Morgan fingerprint density at radius 2 is 1.33 bits per heavy atom. The van der Waals surface area contributed by atoms with Crippen molar-refractivity contribution in [1.29, 1.82) is 0 Å². The van der Waals surface area contributed by atoms with Gasteiger partial charge in [0, 0.05) is 35.3 Å². The van der Waals surface area contributed by atoms with E-state index < -0.39 is 50.2 Å². The van der Waals surface area contributed by atoms with Gasteiger partial charge in [-0.3, -0.25) is 0 Å². The number of fused-ring (bicyclic) bond motifs is 2. The highest BCUT2D eigenvalue weighted by Gasteiger charge is 2.72. The van der Waals surface area contributed by atoms with Crippen LogP contribution in [0.25, 0.3) is 10.8 Å². The van der Waals surface area contributed by atoms with E-state index in [-0.39, 0.29) is 21.4 Å². The lowest BCUT2D eigenvalue weighted by Gasteiger charge is -2.40. The fourth-order valence-electron chi connectivity index (χ4n) is 7.32. The predicted molar refractivity (Wildman–Crippen MR) is 154 cm³/mol. The van der Waals surface area contributed by atoms with E-state index in [0.717, 1.165) is 48.8 Å². The van der Waals surface area contributed by atoms with Gasteiger partial charge in [-0.1, -0.05) is 54.6 Å². The van der Waals surface area contributed by atoms with Gasteiger partial charge in [0.15, 0.2) is 0 Å². The summed E-state index contributed by atoms with van der Waals surface area (Å²) >= 11 is 0. The normalized spacial score (nSPS) is 21.1. The fraction of sp³-hybridized carbons (Fsp3) is 0.312. The first-order valence-electron chi connectivity index (χ1n) is 14.3. The molecule has 7 rings (SSSR count). The fourth-order valence-corrected chi connectivity index (χ4v) is 8.94. The van der Waals surface area contributed by atoms with Crippen molar-refractivity contribution >= 4 is 26.5 Å². The summed E-state index contributed by atoms with van der Waals surface area (Å²) in [6.45, 7) is 1.67. The molecule has 0 aromatic heterocycles. The number of aryl methyl sites for hydroxylation is 2. The Bertz CT molecular complexity index is 1950. The number of rotatable bonds is 3. The maximum absolute atomic E-state index is 14.3. The number of sulfonamides is 1. The van der Waals surface area contributed by atoms with Gasteiger partial charge in [-0.05, 0) is 65.5 Å². The molecule has 236 valence electrons. The molecule has 13 heteroatoms. The Hall–Kier alpha value is -3.81. The lowest BCUT2D eigenvalue weighted by atomic mass is 9.72. The average molecular weight is 649 g/mol. The number of phenolic OH excluding ortho intramolecular Hbond substituents is 1. The van der Waals surface area contributed by atoms with Crippen molar-refractivity contribution in [2.45, 2.75) is 54.1 Å². The Morgan fingerprint density at radius 3 is 1.93 bits per heavy atom. The van der Waals surface area contributed by atoms with Gasteiger partial charge in [-0.2, -0.15) is 31.1 Å². The molecule has 0 fully saturated rings. The molecule has 4 aromatic rings. The molecule has 1 unspecified atom stereocenters. The van der Waals surface area contributed by atoms with Crippen molar-refractivity contribution in [2.75, 3.05) is 18.0 Å². The molecule has 0 saturated carbocycles. The van der Waals surface area contributed by atoms with Crippen LogP contribution in [0.15, 0.2) is 71.6 Å². The van der Waals surface area contributed by atoms with E-state index >= 15 is 0 Å². The second-order valence-corrected chi connectivity index (χ2v) is 13.4. The molecule has 45 heavy (non-hydrogen) atoms. The standard InChI is InChI=1S/C32H26F6N2O4S/c33-31(34,35)30(42,32(36,37)38)25-17-24(21-9-1-2-10-22(21)28(25)41)29(23-11-3-4-12-26(23)45(43,44)39-29)20-15-18-7-5-13-40-14-6-8-19(16-20)27(18)40/h1-4,9-12,15-17,39,41-42H,5-8,13-14H2. The number of halogens is 6. The number of benzene rings is 4. The maximum atomic E-state index is 14.3. The van der Waals surface area contributed by atoms with Crippen molar-refractivity contribution in [3.05, 3.63) is 100 Å². The molecule has 0 radical (unpaired) electrons. The van der Waals surface area contributed by atoms with Crippen LogP contribution in [0.5, 0.6) is 5.75 Å². The summed E-state index contributed by atoms with van der Waals surface area (Å²) in [6.07, 6.45) is -9.71. The first-order chi connectivity index (χ1) is 21.1. The van der Waals surface area contributed by atoms with Crippen LogP contribution in [-0.2, 0) is 34.0 Å².